The molecule has 0 heterocycles. The third-order valence-corrected chi connectivity index (χ3v) is 4.62. The van der Waals surface area contributed by atoms with Crippen LogP contribution in [0.5, 0.6) is 0 Å². The van der Waals surface area contributed by atoms with E-state index in [1.165, 1.54) is 0 Å². The van der Waals surface area contributed by atoms with Crippen molar-refractivity contribution in [3.63, 3.8) is 0 Å². The molecular weight excluding hydrogens is 315 g/mol. The predicted molar refractivity (Wildman–Crippen MR) is 91.6 cm³/mol. The molecular formula is C19H22ClFO2. The molecule has 0 aliphatic heterocycles. The fourth-order valence-electron chi connectivity index (χ4n) is 2.59. The fraction of sp³-hybridized carbons (Fsp3) is 0.368. The summed E-state index contributed by atoms with van der Waals surface area (Å²) in [7, 11) is 0. The highest BCUT2D eigenvalue weighted by molar-refractivity contribution is 6.18. The lowest BCUT2D eigenvalue weighted by molar-refractivity contribution is 0.142. The zero-order valence-electron chi connectivity index (χ0n) is 13.3. The number of hydrogen-bond donors (Lipinski definition) is 2. The summed E-state index contributed by atoms with van der Waals surface area (Å²) in [5, 5.41) is 19.3. The Balaban J connectivity index is 2.26. The van der Waals surface area contributed by atoms with E-state index in [1.807, 2.05) is 36.4 Å². The van der Waals surface area contributed by atoms with E-state index in [1.54, 1.807) is 12.1 Å². The van der Waals surface area contributed by atoms with E-state index in [0.717, 1.165) is 16.7 Å². The monoisotopic (exact) mass is 336 g/mol. The average Bonchev–Trinajstić information content (AvgIpc) is 2.60. The number of rotatable bonds is 6. The maximum Gasteiger partial charge on any atom is 0.119 e. The highest BCUT2D eigenvalue weighted by atomic mass is 35.5. The first-order chi connectivity index (χ1) is 10.9. The fourth-order valence-corrected chi connectivity index (χ4v) is 2.77. The van der Waals surface area contributed by atoms with Crippen LogP contribution in [0.4, 0.5) is 4.39 Å². The summed E-state index contributed by atoms with van der Waals surface area (Å²) in [4.78, 5) is 0. The van der Waals surface area contributed by atoms with Gasteiger partial charge in [-0.25, -0.2) is 4.39 Å². The van der Waals surface area contributed by atoms with Crippen LogP contribution >= 0.6 is 11.6 Å². The van der Waals surface area contributed by atoms with Crippen molar-refractivity contribution in [1.82, 2.24) is 0 Å². The van der Waals surface area contributed by atoms with E-state index in [2.05, 4.69) is 13.8 Å². The maximum atomic E-state index is 12.5. The molecule has 2 aromatic carbocycles. The Labute approximate surface area is 141 Å². The molecule has 0 saturated carbocycles. The van der Waals surface area contributed by atoms with Crippen LogP contribution in [0.1, 0.15) is 48.3 Å². The molecule has 0 aliphatic carbocycles. The number of hydrogen-bond acceptors (Lipinski definition) is 2. The van der Waals surface area contributed by atoms with Gasteiger partial charge in [0.2, 0.25) is 0 Å². The van der Waals surface area contributed by atoms with E-state index >= 15 is 0 Å². The smallest absolute Gasteiger partial charge is 0.119 e. The summed E-state index contributed by atoms with van der Waals surface area (Å²) >= 11 is 5.67. The van der Waals surface area contributed by atoms with Crippen LogP contribution < -0.4 is 0 Å². The van der Waals surface area contributed by atoms with Crippen LogP contribution in [0.25, 0.3) is 0 Å². The molecule has 2 aromatic rings. The Bertz CT molecular complexity index is 567. The van der Waals surface area contributed by atoms with Gasteiger partial charge in [-0.05, 0) is 22.3 Å². The SMILES string of the molecule is CC(C)(c1ccc([C@H](O)CF)cc1)c1ccc([C@H](O)CCl)cc1. The molecule has 0 bridgehead atoms. The summed E-state index contributed by atoms with van der Waals surface area (Å²) in [5.74, 6) is 0.168. The number of benzene rings is 2. The van der Waals surface area contributed by atoms with E-state index in [4.69, 9.17) is 11.6 Å². The van der Waals surface area contributed by atoms with Gasteiger partial charge in [-0.1, -0.05) is 62.4 Å². The van der Waals surface area contributed by atoms with Crippen LogP contribution in [0.2, 0.25) is 0 Å². The van der Waals surface area contributed by atoms with E-state index in [0.29, 0.717) is 5.56 Å². The second-order valence-corrected chi connectivity index (χ2v) is 6.52. The Morgan fingerprint density at radius 3 is 1.61 bits per heavy atom. The Hall–Kier alpha value is -1.42. The van der Waals surface area contributed by atoms with Crippen molar-refractivity contribution in [2.45, 2.75) is 31.5 Å². The Kier molecular flexibility index (Phi) is 5.79. The Morgan fingerprint density at radius 2 is 1.26 bits per heavy atom. The standard InChI is InChI=1S/C19H22ClFO2/c1-19(2,15-7-3-13(4-8-15)17(22)11-20)16-9-5-14(6-10-16)18(23)12-21/h3-10,17-18,22-23H,11-12H2,1-2H3/t17-,18-/m1/s1. The van der Waals surface area contributed by atoms with Gasteiger partial charge in [-0.3, -0.25) is 0 Å². The van der Waals surface area contributed by atoms with Crippen molar-refractivity contribution >= 4 is 11.6 Å². The molecule has 0 radical (unpaired) electrons. The van der Waals surface area contributed by atoms with Crippen molar-refractivity contribution in [3.05, 3.63) is 70.8 Å². The van der Waals surface area contributed by atoms with Gasteiger partial charge >= 0.3 is 0 Å². The Morgan fingerprint density at radius 1 is 0.870 bits per heavy atom. The van der Waals surface area contributed by atoms with Gasteiger partial charge in [0.25, 0.3) is 0 Å². The van der Waals surface area contributed by atoms with Gasteiger partial charge in [-0.2, -0.15) is 0 Å². The molecule has 4 heteroatoms. The lowest BCUT2D eigenvalue weighted by Crippen LogP contribution is -2.19. The lowest BCUT2D eigenvalue weighted by Gasteiger charge is -2.27. The molecule has 2 N–H and O–H groups in total. The minimum absolute atomic E-state index is 0.168. The van der Waals surface area contributed by atoms with Gasteiger partial charge < -0.3 is 10.2 Å². The number of halogens is 2. The van der Waals surface area contributed by atoms with Gasteiger partial charge in [0.1, 0.15) is 12.8 Å². The zero-order chi connectivity index (χ0) is 17.0. The molecule has 0 aliphatic rings. The molecule has 2 atom stereocenters. The minimum Gasteiger partial charge on any atom is -0.387 e. The first kappa shape index (κ1) is 17.9. The zero-order valence-corrected chi connectivity index (χ0v) is 14.1. The first-order valence-electron chi connectivity index (χ1n) is 7.59. The predicted octanol–water partition coefficient (Wildman–Crippen LogP) is 4.29. The van der Waals surface area contributed by atoms with Crippen molar-refractivity contribution in [1.29, 1.82) is 0 Å². The van der Waals surface area contributed by atoms with Crippen molar-refractivity contribution in [3.8, 4) is 0 Å². The molecule has 0 saturated heterocycles. The van der Waals surface area contributed by atoms with E-state index in [-0.39, 0.29) is 11.3 Å². The second-order valence-electron chi connectivity index (χ2n) is 6.21. The maximum absolute atomic E-state index is 12.5. The summed E-state index contributed by atoms with van der Waals surface area (Å²) in [6.45, 7) is 3.41. The molecule has 0 aromatic heterocycles. The number of aliphatic hydroxyl groups is 2. The van der Waals surface area contributed by atoms with E-state index in [9.17, 15) is 14.6 Å². The molecule has 0 fully saturated rings. The largest absolute Gasteiger partial charge is 0.387 e. The normalized spacial score (nSPS) is 14.5. The topological polar surface area (TPSA) is 40.5 Å². The third kappa shape index (κ3) is 3.92. The summed E-state index contributed by atoms with van der Waals surface area (Å²) in [5.41, 5.74) is 3.29. The van der Waals surface area contributed by atoms with Gasteiger partial charge in [-0.15, -0.1) is 11.6 Å². The van der Waals surface area contributed by atoms with Crippen LogP contribution in [0, 0.1) is 0 Å². The second kappa shape index (κ2) is 7.43. The molecule has 124 valence electrons. The number of aliphatic hydroxyl groups excluding tert-OH is 2. The molecule has 23 heavy (non-hydrogen) atoms. The summed E-state index contributed by atoms with van der Waals surface area (Å²) in [6.07, 6.45) is -1.72. The van der Waals surface area contributed by atoms with Gasteiger partial charge in [0.15, 0.2) is 0 Å². The quantitative estimate of drug-likeness (QED) is 0.773. The van der Waals surface area contributed by atoms with Crippen molar-refractivity contribution < 1.29 is 14.6 Å². The number of alkyl halides is 2. The van der Waals surface area contributed by atoms with Crippen LogP contribution in [-0.4, -0.2) is 22.8 Å². The van der Waals surface area contributed by atoms with Crippen LogP contribution in [0.15, 0.2) is 48.5 Å². The molecule has 2 rings (SSSR count). The van der Waals surface area contributed by atoms with Crippen LogP contribution in [-0.2, 0) is 5.41 Å². The lowest BCUT2D eigenvalue weighted by atomic mass is 9.77. The summed E-state index contributed by atoms with van der Waals surface area (Å²) in [6, 6.07) is 15.1. The summed E-state index contributed by atoms with van der Waals surface area (Å²) < 4.78 is 12.5. The third-order valence-electron chi connectivity index (χ3n) is 4.33. The molecule has 0 spiro atoms. The van der Waals surface area contributed by atoms with Crippen molar-refractivity contribution in [2.75, 3.05) is 12.6 Å². The molecule has 0 unspecified atom stereocenters. The van der Waals surface area contributed by atoms with Gasteiger partial charge in [0.05, 0.1) is 12.0 Å². The van der Waals surface area contributed by atoms with E-state index < -0.39 is 18.9 Å². The van der Waals surface area contributed by atoms with Crippen LogP contribution in [0.3, 0.4) is 0 Å². The first-order valence-corrected chi connectivity index (χ1v) is 8.12. The average molecular weight is 337 g/mol. The highest BCUT2D eigenvalue weighted by Crippen LogP contribution is 2.33. The highest BCUT2D eigenvalue weighted by Gasteiger charge is 2.23. The molecule has 0 amide bonds. The molecule has 2 nitrogen and oxygen atoms in total. The van der Waals surface area contributed by atoms with Crippen molar-refractivity contribution in [2.24, 2.45) is 0 Å². The minimum atomic E-state index is -1.07. The van der Waals surface area contributed by atoms with Gasteiger partial charge in [0, 0.05) is 5.41 Å².